The first-order valence-electron chi connectivity index (χ1n) is 7.14. The number of aromatic nitrogens is 2. The third kappa shape index (κ3) is 2.34. The lowest BCUT2D eigenvalue weighted by Gasteiger charge is -2.35. The van der Waals surface area contributed by atoms with Gasteiger partial charge >= 0.3 is 0 Å². The Morgan fingerprint density at radius 1 is 1.28 bits per heavy atom. The van der Waals surface area contributed by atoms with E-state index in [0.717, 1.165) is 25.5 Å². The lowest BCUT2D eigenvalue weighted by atomic mass is 10.0. The lowest BCUT2D eigenvalue weighted by molar-refractivity contribution is 0.496. The van der Waals surface area contributed by atoms with Crippen molar-refractivity contribution in [3.8, 4) is 0 Å². The molecule has 1 saturated carbocycles. The standard InChI is InChI=1S/C14H22N4/c1-11-9-15-6-7-18(11)14-8-13(16-10-17-14)12-4-2-3-5-12/h8,10-12,15H,2-7,9H2,1H3/t11-/m1/s1. The van der Waals surface area contributed by atoms with Crippen LogP contribution in [0.1, 0.15) is 44.2 Å². The molecule has 0 radical (unpaired) electrons. The fourth-order valence-corrected chi connectivity index (χ4v) is 3.14. The van der Waals surface area contributed by atoms with Gasteiger partial charge in [0, 0.05) is 43.4 Å². The maximum atomic E-state index is 4.49. The summed E-state index contributed by atoms with van der Waals surface area (Å²) in [5, 5.41) is 3.42. The molecule has 1 aliphatic heterocycles. The van der Waals surface area contributed by atoms with Gasteiger partial charge in [-0.1, -0.05) is 12.8 Å². The SMILES string of the molecule is C[C@@H]1CNCCN1c1cc(C2CCCC2)ncn1. The van der Waals surface area contributed by atoms with Gasteiger partial charge in [-0.3, -0.25) is 0 Å². The van der Waals surface area contributed by atoms with Crippen LogP contribution >= 0.6 is 0 Å². The van der Waals surface area contributed by atoms with Gasteiger partial charge in [-0.05, 0) is 19.8 Å². The molecule has 1 aliphatic carbocycles. The van der Waals surface area contributed by atoms with Gasteiger partial charge in [0.05, 0.1) is 0 Å². The van der Waals surface area contributed by atoms with Crippen LogP contribution in [0.2, 0.25) is 0 Å². The van der Waals surface area contributed by atoms with Gasteiger partial charge in [-0.25, -0.2) is 9.97 Å². The highest BCUT2D eigenvalue weighted by molar-refractivity contribution is 5.41. The van der Waals surface area contributed by atoms with Gasteiger partial charge in [0.1, 0.15) is 12.1 Å². The van der Waals surface area contributed by atoms with Gasteiger partial charge in [0.2, 0.25) is 0 Å². The van der Waals surface area contributed by atoms with Crippen molar-refractivity contribution in [2.75, 3.05) is 24.5 Å². The Kier molecular flexibility index (Phi) is 3.46. The first-order chi connectivity index (χ1) is 8.84. The second-order valence-corrected chi connectivity index (χ2v) is 5.53. The highest BCUT2D eigenvalue weighted by Crippen LogP contribution is 2.33. The number of piperazine rings is 1. The summed E-state index contributed by atoms with van der Waals surface area (Å²) in [6.07, 6.45) is 7.06. The van der Waals surface area contributed by atoms with Crippen LogP contribution in [0.5, 0.6) is 0 Å². The molecule has 0 spiro atoms. The summed E-state index contributed by atoms with van der Waals surface area (Å²) in [5.74, 6) is 1.78. The van der Waals surface area contributed by atoms with E-state index in [4.69, 9.17) is 0 Å². The molecule has 1 atom stereocenters. The van der Waals surface area contributed by atoms with Crippen LogP contribution in [0.4, 0.5) is 5.82 Å². The summed E-state index contributed by atoms with van der Waals surface area (Å²) >= 11 is 0. The van der Waals surface area contributed by atoms with E-state index in [1.807, 2.05) is 0 Å². The van der Waals surface area contributed by atoms with E-state index in [0.29, 0.717) is 12.0 Å². The third-order valence-electron chi connectivity index (χ3n) is 4.24. The van der Waals surface area contributed by atoms with Crippen molar-refractivity contribution in [1.82, 2.24) is 15.3 Å². The molecule has 0 amide bonds. The summed E-state index contributed by atoms with van der Waals surface area (Å²) in [6, 6.07) is 2.74. The zero-order valence-corrected chi connectivity index (χ0v) is 11.1. The van der Waals surface area contributed by atoms with Crippen LogP contribution in [-0.2, 0) is 0 Å². The molecule has 1 saturated heterocycles. The molecule has 98 valence electrons. The topological polar surface area (TPSA) is 41.0 Å². The van der Waals surface area contributed by atoms with Crippen LogP contribution in [0.25, 0.3) is 0 Å². The first kappa shape index (κ1) is 11.9. The normalized spacial score (nSPS) is 25.6. The molecule has 0 bridgehead atoms. The predicted octanol–water partition coefficient (Wildman–Crippen LogP) is 1.93. The molecule has 4 nitrogen and oxygen atoms in total. The van der Waals surface area contributed by atoms with E-state index in [-0.39, 0.29) is 0 Å². The number of nitrogens with one attached hydrogen (secondary N) is 1. The average molecular weight is 246 g/mol. The summed E-state index contributed by atoms with van der Waals surface area (Å²) in [7, 11) is 0. The highest BCUT2D eigenvalue weighted by Gasteiger charge is 2.22. The van der Waals surface area contributed by atoms with E-state index in [1.54, 1.807) is 6.33 Å². The minimum Gasteiger partial charge on any atom is -0.351 e. The Labute approximate surface area is 109 Å². The van der Waals surface area contributed by atoms with Crippen molar-refractivity contribution in [3.63, 3.8) is 0 Å². The number of rotatable bonds is 2. The second-order valence-electron chi connectivity index (χ2n) is 5.53. The minimum absolute atomic E-state index is 0.519. The molecular formula is C14H22N4. The van der Waals surface area contributed by atoms with E-state index in [9.17, 15) is 0 Å². The van der Waals surface area contributed by atoms with Crippen molar-refractivity contribution in [2.45, 2.75) is 44.6 Å². The smallest absolute Gasteiger partial charge is 0.132 e. The predicted molar refractivity (Wildman–Crippen MR) is 72.9 cm³/mol. The summed E-state index contributed by atoms with van der Waals surface area (Å²) in [6.45, 7) is 5.39. The number of hydrogen-bond donors (Lipinski definition) is 1. The zero-order valence-electron chi connectivity index (χ0n) is 11.1. The van der Waals surface area contributed by atoms with Gasteiger partial charge in [-0.2, -0.15) is 0 Å². The Bertz CT molecular complexity index is 401. The van der Waals surface area contributed by atoms with Crippen LogP contribution in [0.15, 0.2) is 12.4 Å². The van der Waals surface area contributed by atoms with Crippen molar-refractivity contribution in [3.05, 3.63) is 18.1 Å². The van der Waals surface area contributed by atoms with Gasteiger partial charge < -0.3 is 10.2 Å². The monoisotopic (exact) mass is 246 g/mol. The summed E-state index contributed by atoms with van der Waals surface area (Å²) in [4.78, 5) is 11.4. The zero-order chi connectivity index (χ0) is 12.4. The highest BCUT2D eigenvalue weighted by atomic mass is 15.3. The van der Waals surface area contributed by atoms with E-state index in [1.165, 1.54) is 31.4 Å². The van der Waals surface area contributed by atoms with Crippen LogP contribution in [0, 0.1) is 0 Å². The Hall–Kier alpha value is -1.16. The van der Waals surface area contributed by atoms with Crippen molar-refractivity contribution in [1.29, 1.82) is 0 Å². The molecule has 2 heterocycles. The van der Waals surface area contributed by atoms with Crippen LogP contribution in [0.3, 0.4) is 0 Å². The van der Waals surface area contributed by atoms with Crippen molar-refractivity contribution < 1.29 is 0 Å². The average Bonchev–Trinajstić information content (AvgIpc) is 2.93. The summed E-state index contributed by atoms with van der Waals surface area (Å²) < 4.78 is 0. The molecule has 0 aromatic carbocycles. The van der Waals surface area contributed by atoms with Gasteiger partial charge in [0.25, 0.3) is 0 Å². The minimum atomic E-state index is 0.519. The van der Waals surface area contributed by atoms with Gasteiger partial charge in [0.15, 0.2) is 0 Å². The van der Waals surface area contributed by atoms with E-state index in [2.05, 4.69) is 33.2 Å². The molecular weight excluding hydrogens is 224 g/mol. The molecule has 0 unspecified atom stereocenters. The molecule has 2 fully saturated rings. The van der Waals surface area contributed by atoms with Crippen LogP contribution < -0.4 is 10.2 Å². The fraction of sp³-hybridized carbons (Fsp3) is 0.714. The number of nitrogens with zero attached hydrogens (tertiary/aromatic N) is 3. The number of hydrogen-bond acceptors (Lipinski definition) is 4. The van der Waals surface area contributed by atoms with Crippen LogP contribution in [-0.4, -0.2) is 35.6 Å². The van der Waals surface area contributed by atoms with E-state index >= 15 is 0 Å². The lowest BCUT2D eigenvalue weighted by Crippen LogP contribution is -2.50. The van der Waals surface area contributed by atoms with E-state index < -0.39 is 0 Å². The molecule has 3 rings (SSSR count). The molecule has 2 aliphatic rings. The third-order valence-corrected chi connectivity index (χ3v) is 4.24. The largest absolute Gasteiger partial charge is 0.351 e. The maximum Gasteiger partial charge on any atom is 0.132 e. The Balaban J connectivity index is 1.81. The Morgan fingerprint density at radius 2 is 2.11 bits per heavy atom. The first-order valence-corrected chi connectivity index (χ1v) is 7.14. The summed E-state index contributed by atoms with van der Waals surface area (Å²) in [5.41, 5.74) is 1.25. The van der Waals surface area contributed by atoms with Crippen molar-refractivity contribution in [2.24, 2.45) is 0 Å². The molecule has 18 heavy (non-hydrogen) atoms. The molecule has 1 N–H and O–H groups in total. The second kappa shape index (κ2) is 5.22. The van der Waals surface area contributed by atoms with Crippen molar-refractivity contribution >= 4 is 5.82 Å². The Morgan fingerprint density at radius 3 is 2.89 bits per heavy atom. The molecule has 4 heteroatoms. The molecule has 1 aromatic rings. The van der Waals surface area contributed by atoms with Gasteiger partial charge in [-0.15, -0.1) is 0 Å². The quantitative estimate of drug-likeness (QED) is 0.865. The fourth-order valence-electron chi connectivity index (χ4n) is 3.14. The maximum absolute atomic E-state index is 4.49. The molecule has 1 aromatic heterocycles. The number of anilines is 1.